The molecule has 0 unspecified atom stereocenters. The highest BCUT2D eigenvalue weighted by Crippen LogP contribution is 2.22. The lowest BCUT2D eigenvalue weighted by Crippen LogP contribution is -2.11. The molecule has 20 heavy (non-hydrogen) atoms. The third-order valence-corrected chi connectivity index (χ3v) is 2.93. The van der Waals surface area contributed by atoms with E-state index in [9.17, 15) is 9.50 Å². The van der Waals surface area contributed by atoms with E-state index in [1.807, 2.05) is 13.8 Å². The van der Waals surface area contributed by atoms with Crippen molar-refractivity contribution in [1.82, 2.24) is 14.8 Å². The molecule has 1 aromatic heterocycles. The summed E-state index contributed by atoms with van der Waals surface area (Å²) in [6.45, 7) is 5.69. The maximum absolute atomic E-state index is 13.8. The lowest BCUT2D eigenvalue weighted by Gasteiger charge is -2.12. The third-order valence-electron chi connectivity index (χ3n) is 2.93. The van der Waals surface area contributed by atoms with Gasteiger partial charge in [0.15, 0.2) is 17.4 Å². The smallest absolute Gasteiger partial charge is 0.165 e. The SMILES string of the molecule is CC(C)n1ncnc1COc1ccc([C@@H](C)O)cc1F. The zero-order chi connectivity index (χ0) is 14.7. The second kappa shape index (κ2) is 6.00. The maximum Gasteiger partial charge on any atom is 0.165 e. The van der Waals surface area contributed by atoms with Crippen molar-refractivity contribution in [3.8, 4) is 5.75 Å². The average molecular weight is 279 g/mol. The first-order chi connectivity index (χ1) is 9.49. The second-order valence-corrected chi connectivity index (χ2v) is 4.87. The zero-order valence-corrected chi connectivity index (χ0v) is 11.7. The molecule has 2 rings (SSSR count). The van der Waals surface area contributed by atoms with Crippen LogP contribution < -0.4 is 4.74 Å². The van der Waals surface area contributed by atoms with Gasteiger partial charge in [-0.2, -0.15) is 5.10 Å². The number of nitrogens with zero attached hydrogens (tertiary/aromatic N) is 3. The second-order valence-electron chi connectivity index (χ2n) is 4.87. The summed E-state index contributed by atoms with van der Waals surface area (Å²) in [5.41, 5.74) is 0.514. The number of benzene rings is 1. The summed E-state index contributed by atoms with van der Waals surface area (Å²) >= 11 is 0. The van der Waals surface area contributed by atoms with Crippen LogP contribution in [0.5, 0.6) is 5.75 Å². The van der Waals surface area contributed by atoms with Gasteiger partial charge in [-0.15, -0.1) is 0 Å². The Morgan fingerprint density at radius 2 is 2.10 bits per heavy atom. The van der Waals surface area contributed by atoms with Crippen LogP contribution in [0.1, 0.15) is 44.3 Å². The molecule has 0 aliphatic rings. The fourth-order valence-corrected chi connectivity index (χ4v) is 1.84. The highest BCUT2D eigenvalue weighted by molar-refractivity contribution is 5.30. The van der Waals surface area contributed by atoms with E-state index in [2.05, 4.69) is 10.1 Å². The Balaban J connectivity index is 2.09. The molecule has 1 aromatic carbocycles. The van der Waals surface area contributed by atoms with E-state index in [0.717, 1.165) is 0 Å². The number of hydrogen-bond acceptors (Lipinski definition) is 4. The quantitative estimate of drug-likeness (QED) is 0.914. The van der Waals surface area contributed by atoms with Crippen molar-refractivity contribution in [2.75, 3.05) is 0 Å². The van der Waals surface area contributed by atoms with Gasteiger partial charge in [-0.1, -0.05) is 6.07 Å². The minimum atomic E-state index is -0.706. The minimum Gasteiger partial charge on any atom is -0.483 e. The van der Waals surface area contributed by atoms with E-state index in [4.69, 9.17) is 4.74 Å². The molecule has 0 bridgehead atoms. The van der Waals surface area contributed by atoms with Crippen molar-refractivity contribution in [3.05, 3.63) is 41.7 Å². The molecule has 0 aliphatic carbocycles. The van der Waals surface area contributed by atoms with E-state index >= 15 is 0 Å². The van der Waals surface area contributed by atoms with E-state index in [1.165, 1.54) is 18.5 Å². The number of aliphatic hydroxyl groups is 1. The molecule has 0 radical (unpaired) electrons. The zero-order valence-electron chi connectivity index (χ0n) is 11.7. The molecule has 1 atom stereocenters. The van der Waals surface area contributed by atoms with Crippen LogP contribution in [-0.4, -0.2) is 19.9 Å². The molecular formula is C14H18FN3O2. The summed E-state index contributed by atoms with van der Waals surface area (Å²) in [5.74, 6) is 0.269. The monoisotopic (exact) mass is 279 g/mol. The predicted octanol–water partition coefficient (Wildman–Crippen LogP) is 2.63. The van der Waals surface area contributed by atoms with Crippen LogP contribution in [-0.2, 0) is 6.61 Å². The summed E-state index contributed by atoms with van der Waals surface area (Å²) in [5, 5.41) is 13.5. The van der Waals surface area contributed by atoms with Crippen LogP contribution in [0.4, 0.5) is 4.39 Å². The van der Waals surface area contributed by atoms with Crippen LogP contribution in [0.3, 0.4) is 0 Å². The molecular weight excluding hydrogens is 261 g/mol. The minimum absolute atomic E-state index is 0.132. The average Bonchev–Trinajstić information content (AvgIpc) is 2.85. The lowest BCUT2D eigenvalue weighted by molar-refractivity contribution is 0.198. The Morgan fingerprint density at radius 1 is 1.35 bits per heavy atom. The molecule has 0 fully saturated rings. The molecule has 1 heterocycles. The number of halogens is 1. The highest BCUT2D eigenvalue weighted by atomic mass is 19.1. The van der Waals surface area contributed by atoms with Gasteiger partial charge in [0.1, 0.15) is 12.9 Å². The van der Waals surface area contributed by atoms with E-state index < -0.39 is 11.9 Å². The number of aromatic nitrogens is 3. The predicted molar refractivity (Wildman–Crippen MR) is 71.8 cm³/mol. The largest absolute Gasteiger partial charge is 0.483 e. The van der Waals surface area contributed by atoms with Crippen molar-refractivity contribution < 1.29 is 14.2 Å². The molecule has 0 amide bonds. The summed E-state index contributed by atoms with van der Waals surface area (Å²) < 4.78 is 21.0. The van der Waals surface area contributed by atoms with Crippen LogP contribution in [0.2, 0.25) is 0 Å². The maximum atomic E-state index is 13.8. The van der Waals surface area contributed by atoms with Crippen molar-refractivity contribution >= 4 is 0 Å². The van der Waals surface area contributed by atoms with Crippen molar-refractivity contribution in [2.45, 2.75) is 39.5 Å². The number of ether oxygens (including phenoxy) is 1. The molecule has 0 saturated heterocycles. The molecule has 2 aromatic rings. The molecule has 1 N–H and O–H groups in total. The third kappa shape index (κ3) is 3.14. The standard InChI is InChI=1S/C14H18FN3O2/c1-9(2)18-14(16-8-17-18)7-20-13-5-4-11(10(3)19)6-12(13)15/h4-6,8-10,19H,7H2,1-3H3/t10-/m1/s1. The van der Waals surface area contributed by atoms with Gasteiger partial charge in [-0.3, -0.25) is 0 Å². The van der Waals surface area contributed by atoms with Crippen molar-refractivity contribution in [1.29, 1.82) is 0 Å². The normalized spacial score (nSPS) is 12.7. The summed E-state index contributed by atoms with van der Waals surface area (Å²) in [6.07, 6.45) is 0.744. The van der Waals surface area contributed by atoms with Crippen LogP contribution in [0.15, 0.2) is 24.5 Å². The highest BCUT2D eigenvalue weighted by Gasteiger charge is 2.11. The molecule has 6 heteroatoms. The Bertz CT molecular complexity index is 582. The molecule has 108 valence electrons. The molecule has 0 saturated carbocycles. The Kier molecular flexibility index (Phi) is 4.34. The van der Waals surface area contributed by atoms with Gasteiger partial charge in [0.2, 0.25) is 0 Å². The van der Waals surface area contributed by atoms with Gasteiger partial charge < -0.3 is 9.84 Å². The van der Waals surface area contributed by atoms with Crippen LogP contribution >= 0.6 is 0 Å². The Morgan fingerprint density at radius 3 is 2.70 bits per heavy atom. The van der Waals surface area contributed by atoms with Crippen LogP contribution in [0, 0.1) is 5.82 Å². The topological polar surface area (TPSA) is 60.2 Å². The number of rotatable bonds is 5. The molecule has 0 spiro atoms. The van der Waals surface area contributed by atoms with Gasteiger partial charge in [0.25, 0.3) is 0 Å². The van der Waals surface area contributed by atoms with Gasteiger partial charge in [0.05, 0.1) is 6.10 Å². The van der Waals surface area contributed by atoms with Crippen molar-refractivity contribution in [2.24, 2.45) is 0 Å². The van der Waals surface area contributed by atoms with Crippen LogP contribution in [0.25, 0.3) is 0 Å². The van der Waals surface area contributed by atoms with Crippen molar-refractivity contribution in [3.63, 3.8) is 0 Å². The summed E-state index contributed by atoms with van der Waals surface area (Å²) in [7, 11) is 0. The first-order valence-electron chi connectivity index (χ1n) is 6.47. The van der Waals surface area contributed by atoms with E-state index in [1.54, 1.807) is 17.7 Å². The van der Waals surface area contributed by atoms with Gasteiger partial charge in [0, 0.05) is 6.04 Å². The Hall–Kier alpha value is -1.95. The summed E-state index contributed by atoms with van der Waals surface area (Å²) in [4.78, 5) is 4.09. The summed E-state index contributed by atoms with van der Waals surface area (Å²) in [6, 6.07) is 4.58. The van der Waals surface area contributed by atoms with Gasteiger partial charge in [-0.05, 0) is 38.5 Å². The first-order valence-corrected chi connectivity index (χ1v) is 6.47. The fraction of sp³-hybridized carbons (Fsp3) is 0.429. The van der Waals surface area contributed by atoms with E-state index in [-0.39, 0.29) is 18.4 Å². The number of aliphatic hydroxyl groups excluding tert-OH is 1. The molecule has 5 nitrogen and oxygen atoms in total. The fourth-order valence-electron chi connectivity index (χ4n) is 1.84. The Labute approximate surface area is 117 Å². The number of hydrogen-bond donors (Lipinski definition) is 1. The van der Waals surface area contributed by atoms with E-state index in [0.29, 0.717) is 11.4 Å². The van der Waals surface area contributed by atoms with Gasteiger partial charge in [-0.25, -0.2) is 14.1 Å². The van der Waals surface area contributed by atoms with Gasteiger partial charge >= 0.3 is 0 Å². The lowest BCUT2D eigenvalue weighted by atomic mass is 10.1. The molecule has 0 aliphatic heterocycles. The first kappa shape index (κ1) is 14.5.